The van der Waals surface area contributed by atoms with Crippen LogP contribution in [-0.2, 0) is 16.5 Å². The summed E-state index contributed by atoms with van der Waals surface area (Å²) in [6.07, 6.45) is 6.77. The van der Waals surface area contributed by atoms with Crippen LogP contribution >= 0.6 is 0 Å². The molecule has 1 fully saturated rings. The lowest BCUT2D eigenvalue weighted by atomic mass is 9.76. The summed E-state index contributed by atoms with van der Waals surface area (Å²) in [4.78, 5) is 3.40. The average molecular weight is 308 g/mol. The van der Waals surface area contributed by atoms with Crippen LogP contribution in [0.5, 0.6) is 0 Å². The second-order valence-electron chi connectivity index (χ2n) is 5.83. The highest BCUT2D eigenvalue weighted by Crippen LogP contribution is 2.40. The first kappa shape index (κ1) is 14.6. The van der Waals surface area contributed by atoms with Crippen LogP contribution in [0.2, 0.25) is 0 Å². The van der Waals surface area contributed by atoms with E-state index in [0.29, 0.717) is 12.3 Å². The Labute approximate surface area is 124 Å². The maximum absolute atomic E-state index is 9.19. The number of rotatable bonds is 0. The minimum atomic E-state index is -3.67. The molecule has 21 heavy (non-hydrogen) atoms. The van der Waals surface area contributed by atoms with Gasteiger partial charge in [-0.05, 0) is 43.0 Å². The van der Waals surface area contributed by atoms with Crippen LogP contribution in [0.15, 0.2) is 24.4 Å². The molecule has 2 aromatic rings. The number of hydrogen-bond donors (Lipinski definition) is 3. The van der Waals surface area contributed by atoms with E-state index in [1.165, 1.54) is 42.3 Å². The molecule has 1 aromatic carbocycles. The lowest BCUT2D eigenvalue weighted by Crippen LogP contribution is -2.43. The molecule has 2 atom stereocenters. The lowest BCUT2D eigenvalue weighted by Gasteiger charge is -2.36. The van der Waals surface area contributed by atoms with Crippen molar-refractivity contribution in [1.29, 1.82) is 0 Å². The number of piperidine rings is 1. The number of aromatic amines is 1. The van der Waals surface area contributed by atoms with Gasteiger partial charge >= 0.3 is 0 Å². The van der Waals surface area contributed by atoms with Crippen molar-refractivity contribution in [2.24, 2.45) is 0 Å². The fourth-order valence-corrected chi connectivity index (χ4v) is 3.53. The summed E-state index contributed by atoms with van der Waals surface area (Å²) >= 11 is 0. The van der Waals surface area contributed by atoms with Gasteiger partial charge in [0.1, 0.15) is 0 Å². The molecule has 0 spiro atoms. The first-order valence-corrected chi connectivity index (χ1v) is 9.03. The van der Waals surface area contributed by atoms with Crippen molar-refractivity contribution in [3.63, 3.8) is 0 Å². The Morgan fingerprint density at radius 3 is 2.86 bits per heavy atom. The summed E-state index contributed by atoms with van der Waals surface area (Å²) in [5.74, 6) is 0.737. The molecule has 0 amide bonds. The van der Waals surface area contributed by atoms with Gasteiger partial charge in [0, 0.05) is 29.1 Å². The molecule has 1 unspecified atom stereocenters. The molecular weight excluding hydrogens is 288 g/mol. The zero-order chi connectivity index (χ0) is 15.0. The van der Waals surface area contributed by atoms with Crippen molar-refractivity contribution in [3.8, 4) is 0 Å². The summed E-state index contributed by atoms with van der Waals surface area (Å²) < 4.78 is 25.9. The molecule has 0 saturated carbocycles. The number of fused-ring (bicyclic) bond motifs is 2. The van der Waals surface area contributed by atoms with E-state index in [0.717, 1.165) is 5.92 Å². The number of benzene rings is 1. The van der Waals surface area contributed by atoms with Gasteiger partial charge in [-0.25, -0.2) is 0 Å². The van der Waals surface area contributed by atoms with Crippen molar-refractivity contribution in [1.82, 2.24) is 10.3 Å². The summed E-state index contributed by atoms with van der Waals surface area (Å²) in [7, 11) is -3.67. The van der Waals surface area contributed by atoms with Gasteiger partial charge in [0.2, 0.25) is 0 Å². The number of hydrogen-bond acceptors (Lipinski definition) is 3. The van der Waals surface area contributed by atoms with Gasteiger partial charge in [-0.2, -0.15) is 8.42 Å². The molecule has 3 N–H and O–H groups in total. The molecule has 114 valence electrons. The van der Waals surface area contributed by atoms with Crippen LogP contribution < -0.4 is 5.32 Å². The molecular formula is C15H20N2O3S. The van der Waals surface area contributed by atoms with Crippen molar-refractivity contribution >= 4 is 21.0 Å². The Morgan fingerprint density at radius 2 is 2.10 bits per heavy atom. The highest BCUT2D eigenvalue weighted by atomic mass is 32.2. The highest BCUT2D eigenvalue weighted by Gasteiger charge is 2.32. The molecule has 0 radical (unpaired) electrons. The number of aromatic nitrogens is 1. The topological polar surface area (TPSA) is 82.2 Å². The van der Waals surface area contributed by atoms with Crippen LogP contribution in [0, 0.1) is 0 Å². The predicted octanol–water partition coefficient (Wildman–Crippen LogP) is 2.06. The summed E-state index contributed by atoms with van der Waals surface area (Å²) in [6, 6.07) is 7.37. The van der Waals surface area contributed by atoms with Gasteiger partial charge in [-0.3, -0.25) is 4.55 Å². The van der Waals surface area contributed by atoms with Crippen LogP contribution in [0.25, 0.3) is 10.9 Å². The zero-order valence-corrected chi connectivity index (χ0v) is 12.8. The third-order valence-corrected chi connectivity index (χ3v) is 4.24. The monoisotopic (exact) mass is 308 g/mol. The molecule has 6 heteroatoms. The smallest absolute Gasteiger partial charge is 0.261 e. The molecule has 5 nitrogen and oxygen atoms in total. The highest BCUT2D eigenvalue weighted by molar-refractivity contribution is 7.85. The van der Waals surface area contributed by atoms with Gasteiger partial charge < -0.3 is 10.3 Å². The summed E-state index contributed by atoms with van der Waals surface area (Å²) in [5.41, 5.74) is 4.38. The van der Waals surface area contributed by atoms with Gasteiger partial charge in [0.15, 0.2) is 0 Å². The van der Waals surface area contributed by atoms with Crippen molar-refractivity contribution < 1.29 is 13.0 Å². The quantitative estimate of drug-likeness (QED) is 0.651. The Kier molecular flexibility index (Phi) is 3.77. The van der Waals surface area contributed by atoms with E-state index >= 15 is 0 Å². The minimum absolute atomic E-state index is 0.669. The zero-order valence-electron chi connectivity index (χ0n) is 12.0. The largest absolute Gasteiger partial charge is 0.361 e. The predicted molar refractivity (Wildman–Crippen MR) is 83.2 cm³/mol. The molecule has 1 aliphatic carbocycles. The Bertz CT molecular complexity index is 743. The normalized spacial score (nSPS) is 24.1. The van der Waals surface area contributed by atoms with Gasteiger partial charge in [0.25, 0.3) is 10.1 Å². The van der Waals surface area contributed by atoms with Crippen LogP contribution in [0.4, 0.5) is 0 Å². The number of H-pyrrole nitrogens is 1. The molecule has 4 rings (SSSR count). The van der Waals surface area contributed by atoms with E-state index in [2.05, 4.69) is 34.7 Å². The molecule has 1 aromatic heterocycles. The van der Waals surface area contributed by atoms with E-state index in [4.69, 9.17) is 4.55 Å². The second-order valence-corrected chi connectivity index (χ2v) is 7.30. The van der Waals surface area contributed by atoms with E-state index in [-0.39, 0.29) is 0 Å². The third kappa shape index (κ3) is 3.12. The maximum atomic E-state index is 9.19. The van der Waals surface area contributed by atoms with Gasteiger partial charge in [-0.15, -0.1) is 0 Å². The van der Waals surface area contributed by atoms with Crippen LogP contribution in [-0.4, -0.2) is 36.8 Å². The first-order valence-electron chi connectivity index (χ1n) is 7.18. The van der Waals surface area contributed by atoms with E-state index in [1.807, 2.05) is 0 Å². The van der Waals surface area contributed by atoms with Crippen LogP contribution in [0.3, 0.4) is 0 Å². The lowest BCUT2D eigenvalue weighted by molar-refractivity contribution is 0.345. The van der Waals surface area contributed by atoms with E-state index in [9.17, 15) is 8.42 Å². The third-order valence-electron chi connectivity index (χ3n) is 4.24. The second kappa shape index (κ2) is 5.44. The van der Waals surface area contributed by atoms with Crippen LogP contribution in [0.1, 0.15) is 29.9 Å². The first-order chi connectivity index (χ1) is 9.93. The van der Waals surface area contributed by atoms with E-state index < -0.39 is 10.1 Å². The summed E-state index contributed by atoms with van der Waals surface area (Å²) in [6.45, 7) is 1.19. The van der Waals surface area contributed by atoms with Gasteiger partial charge in [-0.1, -0.05) is 12.1 Å². The molecule has 0 bridgehead atoms. The molecule has 2 heterocycles. The van der Waals surface area contributed by atoms with Crippen molar-refractivity contribution in [2.75, 3.05) is 12.8 Å². The molecule has 1 aliphatic heterocycles. The number of nitrogens with one attached hydrogen (secondary N) is 2. The SMILES string of the molecule is CS(=O)(=O)O.c1cc2c3c(c[nH]c3c1)C[C@H]1NCCCC21. The fraction of sp³-hybridized carbons (Fsp3) is 0.467. The summed E-state index contributed by atoms with van der Waals surface area (Å²) in [5, 5.41) is 5.19. The standard InChI is InChI=1S/C14H16N2.CH4O3S/c1-3-11-10-4-2-6-15-13(10)7-9-8-16-12(5-1)14(9)11;1-5(2,3)4/h1,3,5,8,10,13,15-16H,2,4,6-7H2;1H3,(H,2,3,4)/t10?,13-;/m1./s1. The molecule has 1 saturated heterocycles. The Hall–Kier alpha value is -1.37. The Morgan fingerprint density at radius 1 is 1.33 bits per heavy atom. The average Bonchev–Trinajstić information content (AvgIpc) is 2.82. The Balaban J connectivity index is 0.000000233. The van der Waals surface area contributed by atoms with Gasteiger partial charge in [0.05, 0.1) is 6.26 Å². The fourth-order valence-electron chi connectivity index (χ4n) is 3.53. The minimum Gasteiger partial charge on any atom is -0.361 e. The van der Waals surface area contributed by atoms with Crippen molar-refractivity contribution in [3.05, 3.63) is 35.5 Å². The molecule has 2 aliphatic rings. The maximum Gasteiger partial charge on any atom is 0.261 e. The van der Waals surface area contributed by atoms with E-state index in [1.54, 1.807) is 5.56 Å². The van der Waals surface area contributed by atoms with Crippen molar-refractivity contribution in [2.45, 2.75) is 31.2 Å².